The highest BCUT2D eigenvalue weighted by Crippen LogP contribution is 2.18. The molecule has 1 aromatic heterocycles. The minimum atomic E-state index is -1.33. The predicted molar refractivity (Wildman–Crippen MR) is 50.8 cm³/mol. The molecule has 0 bridgehead atoms. The third kappa shape index (κ3) is 1.20. The molecule has 1 aromatic rings. The van der Waals surface area contributed by atoms with Gasteiger partial charge in [-0.1, -0.05) is 0 Å². The number of fused-ring (bicyclic) bond motifs is 1. The van der Waals surface area contributed by atoms with Crippen molar-refractivity contribution in [3.05, 3.63) is 11.4 Å². The quantitative estimate of drug-likeness (QED) is 0.614. The highest BCUT2D eigenvalue weighted by Gasteiger charge is 2.24. The van der Waals surface area contributed by atoms with Crippen molar-refractivity contribution in [1.82, 2.24) is 14.7 Å². The molecule has 0 aromatic carbocycles. The molecular formula is C8H15N3Si. The van der Waals surface area contributed by atoms with Gasteiger partial charge in [0.1, 0.15) is 0 Å². The van der Waals surface area contributed by atoms with Gasteiger partial charge in [0.2, 0.25) is 8.24 Å². The van der Waals surface area contributed by atoms with E-state index in [9.17, 15) is 0 Å². The first-order chi connectivity index (χ1) is 5.57. The Bertz CT molecular complexity index is 276. The number of aryl methyl sites for hydroxylation is 2. The van der Waals surface area contributed by atoms with Gasteiger partial charge in [-0.3, -0.25) is 0 Å². The molecule has 3 nitrogen and oxygen atoms in total. The van der Waals surface area contributed by atoms with Gasteiger partial charge in [-0.05, 0) is 38.9 Å². The van der Waals surface area contributed by atoms with Gasteiger partial charge in [0, 0.05) is 0 Å². The van der Waals surface area contributed by atoms with Crippen LogP contribution >= 0.6 is 0 Å². The van der Waals surface area contributed by atoms with Crippen molar-refractivity contribution in [3.8, 4) is 0 Å². The molecule has 0 fully saturated rings. The summed E-state index contributed by atoms with van der Waals surface area (Å²) < 4.78 is 1.98. The Morgan fingerprint density at radius 2 is 1.58 bits per heavy atom. The van der Waals surface area contributed by atoms with Crippen LogP contribution in [0.2, 0.25) is 19.6 Å². The van der Waals surface area contributed by atoms with Crippen LogP contribution in [0, 0.1) is 0 Å². The van der Waals surface area contributed by atoms with Gasteiger partial charge in [-0.15, -0.1) is 0 Å². The van der Waals surface area contributed by atoms with E-state index in [1.165, 1.54) is 17.8 Å². The zero-order valence-corrected chi connectivity index (χ0v) is 8.96. The average Bonchev–Trinajstić information content (AvgIpc) is 2.37. The van der Waals surface area contributed by atoms with Crippen LogP contribution in [0.25, 0.3) is 0 Å². The Morgan fingerprint density at radius 3 is 2.00 bits per heavy atom. The van der Waals surface area contributed by atoms with E-state index in [0.717, 1.165) is 12.8 Å². The van der Waals surface area contributed by atoms with Gasteiger partial charge in [0.15, 0.2) is 0 Å². The molecule has 4 heteroatoms. The first-order valence-electron chi connectivity index (χ1n) is 4.53. The maximum Gasteiger partial charge on any atom is 0.202 e. The molecule has 0 unspecified atom stereocenters. The summed E-state index contributed by atoms with van der Waals surface area (Å²) in [5.41, 5.74) is 2.50. The molecule has 2 rings (SSSR count). The molecule has 0 N–H and O–H groups in total. The molecule has 0 atom stereocenters. The van der Waals surface area contributed by atoms with Crippen LogP contribution in [-0.4, -0.2) is 22.9 Å². The van der Waals surface area contributed by atoms with Crippen LogP contribution in [-0.2, 0) is 12.8 Å². The highest BCUT2D eigenvalue weighted by atomic mass is 28.3. The molecule has 1 aliphatic rings. The SMILES string of the molecule is C[Si](C)(C)n1nc2c(n1)CCC2. The van der Waals surface area contributed by atoms with E-state index in [4.69, 9.17) is 0 Å². The van der Waals surface area contributed by atoms with Crippen molar-refractivity contribution in [2.75, 3.05) is 0 Å². The number of nitrogens with zero attached hydrogens (tertiary/aromatic N) is 3. The average molecular weight is 181 g/mol. The molecule has 66 valence electrons. The molecule has 1 aliphatic carbocycles. The summed E-state index contributed by atoms with van der Waals surface area (Å²) in [6, 6.07) is 0. The third-order valence-corrected chi connectivity index (χ3v) is 3.59. The van der Waals surface area contributed by atoms with Crippen LogP contribution < -0.4 is 0 Å². The van der Waals surface area contributed by atoms with Crippen molar-refractivity contribution < 1.29 is 0 Å². The van der Waals surface area contributed by atoms with E-state index < -0.39 is 8.24 Å². The summed E-state index contributed by atoms with van der Waals surface area (Å²) in [6.45, 7) is 6.80. The second kappa shape index (κ2) is 2.42. The Kier molecular flexibility index (Phi) is 1.61. The van der Waals surface area contributed by atoms with Gasteiger partial charge in [0.25, 0.3) is 0 Å². The number of hydrogen-bond donors (Lipinski definition) is 0. The normalized spacial score (nSPS) is 16.6. The van der Waals surface area contributed by atoms with Gasteiger partial charge < -0.3 is 0 Å². The minimum absolute atomic E-state index is 1.14. The van der Waals surface area contributed by atoms with Gasteiger partial charge in [-0.2, -0.15) is 10.2 Å². The van der Waals surface area contributed by atoms with Crippen LogP contribution in [0.3, 0.4) is 0 Å². The fourth-order valence-corrected chi connectivity index (χ4v) is 2.32. The lowest BCUT2D eigenvalue weighted by molar-refractivity contribution is 0.736. The number of hydrogen-bond acceptors (Lipinski definition) is 2. The molecule has 0 aliphatic heterocycles. The maximum atomic E-state index is 4.53. The largest absolute Gasteiger partial charge is 0.221 e. The zero-order valence-electron chi connectivity index (χ0n) is 7.96. The van der Waals surface area contributed by atoms with Crippen molar-refractivity contribution >= 4 is 8.24 Å². The first kappa shape index (κ1) is 7.98. The first-order valence-corrected chi connectivity index (χ1v) is 7.98. The van der Waals surface area contributed by atoms with Crippen molar-refractivity contribution in [2.45, 2.75) is 38.9 Å². The van der Waals surface area contributed by atoms with E-state index in [1.54, 1.807) is 0 Å². The lowest BCUT2D eigenvalue weighted by Crippen LogP contribution is -2.34. The van der Waals surface area contributed by atoms with E-state index >= 15 is 0 Å². The van der Waals surface area contributed by atoms with Crippen LogP contribution in [0.15, 0.2) is 0 Å². The maximum absolute atomic E-state index is 4.53. The summed E-state index contributed by atoms with van der Waals surface area (Å²) in [6.07, 6.45) is 3.52. The molecule has 0 amide bonds. The van der Waals surface area contributed by atoms with Crippen LogP contribution in [0.5, 0.6) is 0 Å². The monoisotopic (exact) mass is 181 g/mol. The molecule has 0 saturated heterocycles. The van der Waals surface area contributed by atoms with Gasteiger partial charge >= 0.3 is 0 Å². The number of rotatable bonds is 1. The zero-order chi connectivity index (χ0) is 8.77. The van der Waals surface area contributed by atoms with Crippen molar-refractivity contribution in [2.24, 2.45) is 0 Å². The molecule has 12 heavy (non-hydrogen) atoms. The standard InChI is InChI=1S/C8H15N3Si/c1-12(2,3)11-9-7-5-4-6-8(7)10-11/h4-6H2,1-3H3. The van der Waals surface area contributed by atoms with Crippen LogP contribution in [0.4, 0.5) is 0 Å². The topological polar surface area (TPSA) is 30.7 Å². The fraction of sp³-hybridized carbons (Fsp3) is 0.750. The molecule has 0 spiro atoms. The fourth-order valence-electron chi connectivity index (χ4n) is 1.48. The summed E-state index contributed by atoms with van der Waals surface area (Å²) >= 11 is 0. The summed E-state index contributed by atoms with van der Waals surface area (Å²) in [5.74, 6) is 0. The summed E-state index contributed by atoms with van der Waals surface area (Å²) in [4.78, 5) is 0. The van der Waals surface area contributed by atoms with Crippen LogP contribution in [0.1, 0.15) is 17.8 Å². The Morgan fingerprint density at radius 1 is 1.08 bits per heavy atom. The summed E-state index contributed by atoms with van der Waals surface area (Å²) in [7, 11) is -1.33. The Labute approximate surface area is 73.9 Å². The lowest BCUT2D eigenvalue weighted by Gasteiger charge is -2.13. The predicted octanol–water partition coefficient (Wildman–Crippen LogP) is 1.45. The smallest absolute Gasteiger partial charge is 0.202 e. The Balaban J connectivity index is 2.38. The van der Waals surface area contributed by atoms with E-state index in [-0.39, 0.29) is 0 Å². The van der Waals surface area contributed by atoms with E-state index in [0.29, 0.717) is 0 Å². The minimum Gasteiger partial charge on any atom is -0.221 e. The second-order valence-electron chi connectivity index (χ2n) is 4.41. The molecule has 0 radical (unpaired) electrons. The molecular weight excluding hydrogens is 166 g/mol. The lowest BCUT2D eigenvalue weighted by atomic mass is 10.4. The van der Waals surface area contributed by atoms with E-state index in [1.807, 2.05) is 4.46 Å². The molecule has 0 saturated carbocycles. The Hall–Kier alpha value is -0.643. The van der Waals surface area contributed by atoms with Gasteiger partial charge in [0.05, 0.1) is 11.4 Å². The van der Waals surface area contributed by atoms with Crippen molar-refractivity contribution in [3.63, 3.8) is 0 Å². The van der Waals surface area contributed by atoms with Crippen molar-refractivity contribution in [1.29, 1.82) is 0 Å². The summed E-state index contributed by atoms with van der Waals surface area (Å²) in [5, 5.41) is 9.06. The number of aromatic nitrogens is 3. The van der Waals surface area contributed by atoms with E-state index in [2.05, 4.69) is 29.8 Å². The third-order valence-electron chi connectivity index (χ3n) is 2.19. The molecule has 1 heterocycles. The highest BCUT2D eigenvalue weighted by molar-refractivity contribution is 6.73. The second-order valence-corrected chi connectivity index (χ2v) is 9.15. The van der Waals surface area contributed by atoms with Gasteiger partial charge in [-0.25, -0.2) is 4.46 Å².